The van der Waals surface area contributed by atoms with Crippen molar-refractivity contribution >= 4 is 6.21 Å². The van der Waals surface area contributed by atoms with Crippen LogP contribution in [0.3, 0.4) is 0 Å². The lowest BCUT2D eigenvalue weighted by atomic mass is 9.87. The van der Waals surface area contributed by atoms with Gasteiger partial charge in [-0.1, -0.05) is 46.1 Å². The van der Waals surface area contributed by atoms with Crippen molar-refractivity contribution in [3.8, 4) is 0 Å². The summed E-state index contributed by atoms with van der Waals surface area (Å²) < 4.78 is 0. The van der Waals surface area contributed by atoms with Gasteiger partial charge in [0.25, 0.3) is 0 Å². The number of allylic oxidation sites excluding steroid dienone is 3. The third-order valence-electron chi connectivity index (χ3n) is 1.49. The molecule has 0 aliphatic rings. The monoisotopic (exact) mass is 163 g/mol. The fraction of sp³-hybridized carbons (Fsp3) is 0.364. The van der Waals surface area contributed by atoms with Gasteiger partial charge in [0.1, 0.15) is 0 Å². The summed E-state index contributed by atoms with van der Waals surface area (Å²) in [5.74, 6) is 0. The highest BCUT2D eigenvalue weighted by atomic mass is 14.7. The van der Waals surface area contributed by atoms with E-state index in [1.807, 2.05) is 12.3 Å². The Balaban J connectivity index is 4.55. The van der Waals surface area contributed by atoms with Crippen LogP contribution in [0.25, 0.3) is 0 Å². The molecule has 1 nitrogen and oxygen atoms in total. The van der Waals surface area contributed by atoms with Crippen molar-refractivity contribution in [3.05, 3.63) is 37.1 Å². The van der Waals surface area contributed by atoms with E-state index >= 15 is 0 Å². The van der Waals surface area contributed by atoms with Gasteiger partial charge in [-0.25, -0.2) is 0 Å². The molecule has 0 aromatic heterocycles. The van der Waals surface area contributed by atoms with E-state index in [0.717, 1.165) is 5.57 Å². The van der Waals surface area contributed by atoms with Crippen molar-refractivity contribution in [3.63, 3.8) is 0 Å². The molecule has 0 fully saturated rings. The molecule has 0 radical (unpaired) electrons. The Bertz CT molecular complexity index is 214. The molecule has 12 heavy (non-hydrogen) atoms. The average Bonchev–Trinajstić information content (AvgIpc) is 1.95. The number of hydrogen-bond donors (Lipinski definition) is 0. The number of nitrogens with zero attached hydrogens (tertiary/aromatic N) is 1. The lowest BCUT2D eigenvalue weighted by molar-refractivity contribution is 0.516. The van der Waals surface area contributed by atoms with Gasteiger partial charge in [0, 0.05) is 12.4 Å². The van der Waals surface area contributed by atoms with Crippen molar-refractivity contribution in [2.24, 2.45) is 10.4 Å². The van der Waals surface area contributed by atoms with E-state index in [0.29, 0.717) is 0 Å². The van der Waals surface area contributed by atoms with E-state index < -0.39 is 0 Å². The van der Waals surface area contributed by atoms with Gasteiger partial charge < -0.3 is 0 Å². The van der Waals surface area contributed by atoms with Crippen LogP contribution in [0.1, 0.15) is 20.8 Å². The first kappa shape index (κ1) is 10.9. The molecule has 0 aromatic rings. The smallest absolute Gasteiger partial charge is 0.0304 e. The summed E-state index contributed by atoms with van der Waals surface area (Å²) in [4.78, 5) is 4.05. The molecule has 1 heteroatoms. The summed E-state index contributed by atoms with van der Waals surface area (Å²) in [6.45, 7) is 13.7. The van der Waals surface area contributed by atoms with Crippen molar-refractivity contribution in [1.82, 2.24) is 0 Å². The van der Waals surface area contributed by atoms with Crippen LogP contribution in [0.4, 0.5) is 0 Å². The summed E-state index contributed by atoms with van der Waals surface area (Å²) in [5, 5.41) is 0. The first-order valence-electron chi connectivity index (χ1n) is 3.99. The molecular formula is C11H17N. The second kappa shape index (κ2) is 4.70. The molecule has 0 aromatic carbocycles. The van der Waals surface area contributed by atoms with Gasteiger partial charge in [0.15, 0.2) is 0 Å². The van der Waals surface area contributed by atoms with E-state index in [1.165, 1.54) is 0 Å². The predicted molar refractivity (Wildman–Crippen MR) is 56.4 cm³/mol. The van der Waals surface area contributed by atoms with Crippen LogP contribution in [0.5, 0.6) is 0 Å². The van der Waals surface area contributed by atoms with Crippen LogP contribution < -0.4 is 0 Å². The molecule has 0 unspecified atom stereocenters. The third-order valence-corrected chi connectivity index (χ3v) is 1.49. The molecule has 0 saturated heterocycles. The molecule has 0 aliphatic carbocycles. The highest BCUT2D eigenvalue weighted by Crippen LogP contribution is 2.25. The lowest BCUT2D eigenvalue weighted by Gasteiger charge is -2.18. The summed E-state index contributed by atoms with van der Waals surface area (Å²) in [7, 11) is 0. The molecule has 0 bridgehead atoms. The van der Waals surface area contributed by atoms with Crippen molar-refractivity contribution in [2.75, 3.05) is 0 Å². The van der Waals surface area contributed by atoms with Gasteiger partial charge in [-0.15, -0.1) is 0 Å². The Kier molecular flexibility index (Phi) is 4.27. The zero-order valence-corrected chi connectivity index (χ0v) is 8.17. The van der Waals surface area contributed by atoms with Crippen LogP contribution >= 0.6 is 0 Å². The molecule has 0 aliphatic heterocycles. The maximum Gasteiger partial charge on any atom is 0.0304 e. The maximum atomic E-state index is 4.05. The second-order valence-corrected chi connectivity index (χ2v) is 3.57. The number of hydrogen-bond acceptors (Lipinski definition) is 1. The Hall–Kier alpha value is -1.11. The minimum atomic E-state index is 0.111. The van der Waals surface area contributed by atoms with E-state index in [2.05, 4.69) is 38.9 Å². The van der Waals surface area contributed by atoms with Crippen LogP contribution in [0.15, 0.2) is 42.1 Å². The minimum absolute atomic E-state index is 0.111. The van der Waals surface area contributed by atoms with Gasteiger partial charge in [0.2, 0.25) is 0 Å². The van der Waals surface area contributed by atoms with Crippen LogP contribution in [0, 0.1) is 5.41 Å². The average molecular weight is 163 g/mol. The number of rotatable bonds is 3. The molecule has 0 heterocycles. The summed E-state index contributed by atoms with van der Waals surface area (Å²) >= 11 is 0. The maximum absolute atomic E-state index is 4.05. The van der Waals surface area contributed by atoms with Crippen molar-refractivity contribution < 1.29 is 0 Å². The zero-order chi connectivity index (χ0) is 9.61. The Morgan fingerprint density at radius 2 is 1.83 bits per heavy atom. The summed E-state index contributed by atoms with van der Waals surface area (Å²) in [5.41, 5.74) is 1.24. The molecule has 0 amide bonds. The molecule has 66 valence electrons. The summed E-state index contributed by atoms with van der Waals surface area (Å²) in [6.07, 6.45) is 6.96. The first-order valence-corrected chi connectivity index (χ1v) is 3.99. The van der Waals surface area contributed by atoms with E-state index in [4.69, 9.17) is 0 Å². The molecule has 0 rings (SSSR count). The zero-order valence-electron chi connectivity index (χ0n) is 8.17. The topological polar surface area (TPSA) is 12.4 Å². The van der Waals surface area contributed by atoms with E-state index in [9.17, 15) is 0 Å². The fourth-order valence-corrected chi connectivity index (χ4v) is 0.737. The summed E-state index contributed by atoms with van der Waals surface area (Å²) in [6, 6.07) is 0. The highest BCUT2D eigenvalue weighted by Gasteiger charge is 2.13. The van der Waals surface area contributed by atoms with Crippen LogP contribution in [0.2, 0.25) is 0 Å². The normalized spacial score (nSPS) is 13.4. The highest BCUT2D eigenvalue weighted by molar-refractivity contribution is 5.70. The quantitative estimate of drug-likeness (QED) is 0.447. The third kappa shape index (κ3) is 3.91. The Labute approximate surface area is 75.2 Å². The number of aliphatic imine (C=N–C) groups is 1. The van der Waals surface area contributed by atoms with Gasteiger partial charge in [-0.3, -0.25) is 4.99 Å². The van der Waals surface area contributed by atoms with Crippen LogP contribution in [-0.4, -0.2) is 6.21 Å². The first-order chi connectivity index (χ1) is 5.52. The van der Waals surface area contributed by atoms with E-state index in [-0.39, 0.29) is 5.41 Å². The SMILES string of the molecule is C=C/C=N\C=C(/C=C)C(C)(C)C. The van der Waals surface area contributed by atoms with Crippen molar-refractivity contribution in [1.29, 1.82) is 0 Å². The van der Waals surface area contributed by atoms with Gasteiger partial charge in [-0.05, 0) is 11.0 Å². The minimum Gasteiger partial charge on any atom is -0.264 e. The largest absolute Gasteiger partial charge is 0.264 e. The van der Waals surface area contributed by atoms with Gasteiger partial charge >= 0.3 is 0 Å². The molecule has 0 atom stereocenters. The Morgan fingerprint density at radius 3 is 2.17 bits per heavy atom. The fourth-order valence-electron chi connectivity index (χ4n) is 0.737. The second-order valence-electron chi connectivity index (χ2n) is 3.57. The molecular weight excluding hydrogens is 146 g/mol. The van der Waals surface area contributed by atoms with E-state index in [1.54, 1.807) is 12.3 Å². The molecule has 0 N–H and O–H groups in total. The standard InChI is InChI=1S/C11H17N/c1-6-8-12-9-10(7-2)11(3,4)5/h6-9H,1-2H2,3-5H3/b10-9+,12-8-. The predicted octanol–water partition coefficient (Wildman–Crippen LogP) is 3.36. The lowest BCUT2D eigenvalue weighted by Crippen LogP contribution is -2.06. The Morgan fingerprint density at radius 1 is 1.25 bits per heavy atom. The van der Waals surface area contributed by atoms with Crippen molar-refractivity contribution in [2.45, 2.75) is 20.8 Å². The van der Waals surface area contributed by atoms with Gasteiger partial charge in [0.05, 0.1) is 0 Å². The molecule has 0 spiro atoms. The van der Waals surface area contributed by atoms with Gasteiger partial charge in [-0.2, -0.15) is 0 Å². The molecule has 0 saturated carbocycles. The van der Waals surface area contributed by atoms with Crippen LogP contribution in [-0.2, 0) is 0 Å².